The Hall–Kier alpha value is -1.55. The molecule has 1 amide bonds. The minimum Gasteiger partial charge on any atom is -0.399 e. The number of hydrogen-bond acceptors (Lipinski definition) is 3. The summed E-state index contributed by atoms with van der Waals surface area (Å²) in [5, 5.41) is 12.9. The van der Waals surface area contributed by atoms with Crippen LogP contribution < -0.4 is 11.1 Å². The molecule has 2 atom stereocenters. The Labute approximate surface area is 114 Å². The van der Waals surface area contributed by atoms with E-state index in [1.54, 1.807) is 12.1 Å². The molecule has 104 valence electrons. The Morgan fingerprint density at radius 1 is 1.21 bits per heavy atom. The van der Waals surface area contributed by atoms with Crippen molar-refractivity contribution < 1.29 is 9.90 Å². The maximum absolute atomic E-state index is 12.0. The normalized spacial score (nSPS) is 23.6. The van der Waals surface area contributed by atoms with E-state index in [1.807, 2.05) is 12.1 Å². The molecule has 0 spiro atoms. The van der Waals surface area contributed by atoms with E-state index < -0.39 is 6.10 Å². The Morgan fingerprint density at radius 3 is 2.63 bits per heavy atom. The zero-order chi connectivity index (χ0) is 13.7. The standard InChI is InChI=1S/C15H22N2O2/c16-12-8-6-11(7-9-12)10-15(19)17-13-4-2-1-3-5-14(13)18/h6-9,13-14,18H,1-5,10,16H2,(H,17,19). The van der Waals surface area contributed by atoms with E-state index in [2.05, 4.69) is 5.32 Å². The molecule has 0 heterocycles. The van der Waals surface area contributed by atoms with Gasteiger partial charge in [-0.15, -0.1) is 0 Å². The van der Waals surface area contributed by atoms with Crippen LogP contribution >= 0.6 is 0 Å². The number of nitrogen functional groups attached to an aromatic ring is 1. The van der Waals surface area contributed by atoms with Gasteiger partial charge in [0.25, 0.3) is 0 Å². The van der Waals surface area contributed by atoms with Crippen molar-refractivity contribution >= 4 is 11.6 Å². The molecule has 1 aliphatic rings. The minimum atomic E-state index is -0.405. The highest BCUT2D eigenvalue weighted by molar-refractivity contribution is 5.79. The molecule has 1 aliphatic carbocycles. The quantitative estimate of drug-likeness (QED) is 0.572. The second-order valence-corrected chi connectivity index (χ2v) is 5.30. The van der Waals surface area contributed by atoms with Crippen LogP contribution in [-0.4, -0.2) is 23.2 Å². The van der Waals surface area contributed by atoms with Gasteiger partial charge in [-0.25, -0.2) is 0 Å². The smallest absolute Gasteiger partial charge is 0.224 e. The number of nitrogens with one attached hydrogen (secondary N) is 1. The lowest BCUT2D eigenvalue weighted by molar-refractivity contribution is -0.122. The summed E-state index contributed by atoms with van der Waals surface area (Å²) < 4.78 is 0. The highest BCUT2D eigenvalue weighted by atomic mass is 16.3. The molecule has 1 aromatic rings. The number of benzene rings is 1. The summed E-state index contributed by atoms with van der Waals surface area (Å²) >= 11 is 0. The van der Waals surface area contributed by atoms with E-state index in [-0.39, 0.29) is 11.9 Å². The Balaban J connectivity index is 1.87. The number of aliphatic hydroxyl groups excluding tert-OH is 1. The van der Waals surface area contributed by atoms with Crippen molar-refractivity contribution in [3.05, 3.63) is 29.8 Å². The third-order valence-electron chi connectivity index (χ3n) is 3.67. The average Bonchev–Trinajstić information content (AvgIpc) is 2.58. The maximum Gasteiger partial charge on any atom is 0.224 e. The van der Waals surface area contributed by atoms with Gasteiger partial charge in [0.15, 0.2) is 0 Å². The van der Waals surface area contributed by atoms with Crippen LogP contribution in [0.1, 0.15) is 37.7 Å². The predicted molar refractivity (Wildman–Crippen MR) is 75.6 cm³/mol. The van der Waals surface area contributed by atoms with Gasteiger partial charge in [-0.2, -0.15) is 0 Å². The summed E-state index contributed by atoms with van der Waals surface area (Å²) in [6.07, 6.45) is 4.85. The van der Waals surface area contributed by atoms with Gasteiger partial charge in [-0.05, 0) is 30.5 Å². The molecule has 19 heavy (non-hydrogen) atoms. The largest absolute Gasteiger partial charge is 0.399 e. The summed E-state index contributed by atoms with van der Waals surface area (Å²) in [4.78, 5) is 12.0. The van der Waals surface area contributed by atoms with E-state index in [9.17, 15) is 9.90 Å². The van der Waals surface area contributed by atoms with E-state index in [1.165, 1.54) is 0 Å². The number of carbonyl (C=O) groups is 1. The Bertz CT molecular complexity index is 417. The lowest BCUT2D eigenvalue weighted by Crippen LogP contribution is -2.43. The van der Waals surface area contributed by atoms with Crippen LogP contribution in [0.25, 0.3) is 0 Å². The van der Waals surface area contributed by atoms with Crippen molar-refractivity contribution in [3.8, 4) is 0 Å². The minimum absolute atomic E-state index is 0.0317. The van der Waals surface area contributed by atoms with Gasteiger partial charge < -0.3 is 16.2 Å². The summed E-state index contributed by atoms with van der Waals surface area (Å²) in [6.45, 7) is 0. The molecular formula is C15H22N2O2. The van der Waals surface area contributed by atoms with Gasteiger partial charge in [0.1, 0.15) is 0 Å². The monoisotopic (exact) mass is 262 g/mol. The second-order valence-electron chi connectivity index (χ2n) is 5.30. The zero-order valence-corrected chi connectivity index (χ0v) is 11.1. The topological polar surface area (TPSA) is 75.4 Å². The van der Waals surface area contributed by atoms with E-state index in [0.717, 1.165) is 37.7 Å². The van der Waals surface area contributed by atoms with Crippen molar-refractivity contribution in [1.82, 2.24) is 5.32 Å². The lowest BCUT2D eigenvalue weighted by Gasteiger charge is -2.21. The number of anilines is 1. The van der Waals surface area contributed by atoms with Gasteiger partial charge in [0.2, 0.25) is 5.91 Å². The molecule has 1 aromatic carbocycles. The molecule has 0 radical (unpaired) electrons. The highest BCUT2D eigenvalue weighted by Crippen LogP contribution is 2.18. The summed E-state index contributed by atoms with van der Waals surface area (Å²) in [6, 6.07) is 7.21. The molecule has 0 bridgehead atoms. The molecule has 4 nitrogen and oxygen atoms in total. The molecular weight excluding hydrogens is 240 g/mol. The maximum atomic E-state index is 12.0. The van der Waals surface area contributed by atoms with Crippen molar-refractivity contribution in [3.63, 3.8) is 0 Å². The Morgan fingerprint density at radius 2 is 1.89 bits per heavy atom. The average molecular weight is 262 g/mol. The van der Waals surface area contributed by atoms with Crippen molar-refractivity contribution in [2.75, 3.05) is 5.73 Å². The molecule has 0 aromatic heterocycles. The van der Waals surface area contributed by atoms with Crippen molar-refractivity contribution in [2.45, 2.75) is 50.7 Å². The van der Waals surface area contributed by atoms with Crippen LogP contribution in [0.2, 0.25) is 0 Å². The van der Waals surface area contributed by atoms with Crippen LogP contribution in [-0.2, 0) is 11.2 Å². The molecule has 1 saturated carbocycles. The first-order chi connectivity index (χ1) is 9.15. The summed E-state index contributed by atoms with van der Waals surface area (Å²) in [5.74, 6) is -0.0317. The second kappa shape index (κ2) is 6.57. The molecule has 4 N–H and O–H groups in total. The third kappa shape index (κ3) is 4.24. The number of amides is 1. The number of nitrogens with two attached hydrogens (primary N) is 1. The van der Waals surface area contributed by atoms with Crippen LogP contribution in [0.3, 0.4) is 0 Å². The zero-order valence-electron chi connectivity index (χ0n) is 11.1. The van der Waals surface area contributed by atoms with E-state index in [4.69, 9.17) is 5.73 Å². The number of rotatable bonds is 3. The van der Waals surface area contributed by atoms with Crippen LogP contribution in [0, 0.1) is 0 Å². The van der Waals surface area contributed by atoms with Gasteiger partial charge in [-0.1, -0.05) is 31.4 Å². The molecule has 0 aliphatic heterocycles. The molecule has 2 unspecified atom stereocenters. The molecule has 1 fully saturated rings. The van der Waals surface area contributed by atoms with Gasteiger partial charge in [-0.3, -0.25) is 4.79 Å². The summed E-state index contributed by atoms with van der Waals surface area (Å²) in [7, 11) is 0. The fourth-order valence-electron chi connectivity index (χ4n) is 2.54. The first-order valence-electron chi connectivity index (χ1n) is 6.97. The van der Waals surface area contributed by atoms with Gasteiger partial charge in [0.05, 0.1) is 18.6 Å². The number of hydrogen-bond donors (Lipinski definition) is 3. The predicted octanol–water partition coefficient (Wildman–Crippen LogP) is 1.62. The SMILES string of the molecule is Nc1ccc(CC(=O)NC2CCCCCC2O)cc1. The summed E-state index contributed by atoms with van der Waals surface area (Å²) in [5.41, 5.74) is 7.25. The molecule has 4 heteroatoms. The van der Waals surface area contributed by atoms with Crippen LogP contribution in [0.4, 0.5) is 5.69 Å². The first-order valence-corrected chi connectivity index (χ1v) is 6.97. The van der Waals surface area contributed by atoms with E-state index in [0.29, 0.717) is 12.1 Å². The number of aliphatic hydroxyl groups is 1. The number of carbonyl (C=O) groups excluding carboxylic acids is 1. The lowest BCUT2D eigenvalue weighted by atomic mass is 10.1. The fraction of sp³-hybridized carbons (Fsp3) is 0.533. The fourth-order valence-corrected chi connectivity index (χ4v) is 2.54. The van der Waals surface area contributed by atoms with Crippen molar-refractivity contribution in [2.24, 2.45) is 0 Å². The molecule has 0 saturated heterocycles. The van der Waals surface area contributed by atoms with Gasteiger partial charge >= 0.3 is 0 Å². The highest BCUT2D eigenvalue weighted by Gasteiger charge is 2.22. The Kier molecular flexibility index (Phi) is 4.80. The van der Waals surface area contributed by atoms with Gasteiger partial charge in [0, 0.05) is 5.69 Å². The molecule has 2 rings (SSSR count). The van der Waals surface area contributed by atoms with Crippen LogP contribution in [0.15, 0.2) is 24.3 Å². The van der Waals surface area contributed by atoms with E-state index >= 15 is 0 Å². The first kappa shape index (κ1) is 13.9. The third-order valence-corrected chi connectivity index (χ3v) is 3.67. The van der Waals surface area contributed by atoms with Crippen molar-refractivity contribution in [1.29, 1.82) is 0 Å². The van der Waals surface area contributed by atoms with Crippen LogP contribution in [0.5, 0.6) is 0 Å².